The highest BCUT2D eigenvalue weighted by atomic mass is 17.0. The highest BCUT2D eigenvalue weighted by Gasteiger charge is 1.81. The summed E-state index contributed by atoms with van der Waals surface area (Å²) < 4.78 is 0. The summed E-state index contributed by atoms with van der Waals surface area (Å²) in [7, 11) is 0. The second kappa shape index (κ2) is 49.5. The van der Waals surface area contributed by atoms with Gasteiger partial charge in [-0.25, -0.2) is 0 Å². The zero-order valence-electron chi connectivity index (χ0n) is 7.96. The van der Waals surface area contributed by atoms with Crippen molar-refractivity contribution in [1.29, 1.82) is 0 Å². The van der Waals surface area contributed by atoms with Crippen LogP contribution in [0.1, 0.15) is 0 Å². The Morgan fingerprint density at radius 2 is 0.750 bits per heavy atom. The smallest absolute Gasteiger partial charge is 0.317 e. The standard InChI is InChI=1S/2C2H5NO2.3H2O2/c2*3-1-2(4)5;3*1-2/h2*1,3H2,(H,4,5);3*1-2H. The summed E-state index contributed by atoms with van der Waals surface area (Å²) in [6, 6.07) is 0. The van der Waals surface area contributed by atoms with E-state index in [9.17, 15) is 9.59 Å². The van der Waals surface area contributed by atoms with Crippen LogP contribution < -0.4 is 11.5 Å². The first-order valence-electron chi connectivity index (χ1n) is 2.98. The molecule has 0 atom stereocenters. The fourth-order valence-electron chi connectivity index (χ4n) is 0. The third-order valence-electron chi connectivity index (χ3n) is 0.349. The molecule has 0 saturated carbocycles. The molecule has 0 aliphatic carbocycles. The summed E-state index contributed by atoms with van der Waals surface area (Å²) >= 11 is 0. The summed E-state index contributed by atoms with van der Waals surface area (Å²) in [5.74, 6) is -1.94. The van der Waals surface area contributed by atoms with Crippen LogP contribution in [-0.2, 0) is 9.59 Å². The lowest BCUT2D eigenvalue weighted by Gasteiger charge is -1.73. The number of hydrogen-bond acceptors (Lipinski definition) is 10. The molecule has 0 saturated heterocycles. The first kappa shape index (κ1) is 29.3. The van der Waals surface area contributed by atoms with Gasteiger partial charge in [0.25, 0.3) is 0 Å². The SMILES string of the molecule is NCC(=O)O.NCC(=O)O.OO.OO.OO. The van der Waals surface area contributed by atoms with E-state index in [1.807, 2.05) is 0 Å². The molecule has 0 heterocycles. The van der Waals surface area contributed by atoms with Gasteiger partial charge in [0.1, 0.15) is 0 Å². The van der Waals surface area contributed by atoms with E-state index < -0.39 is 11.9 Å². The Labute approximate surface area is 89.0 Å². The van der Waals surface area contributed by atoms with Gasteiger partial charge >= 0.3 is 11.9 Å². The molecule has 0 rings (SSSR count). The normalized spacial score (nSPS) is 5.75. The molecule has 0 aliphatic heterocycles. The molecular weight excluding hydrogens is 236 g/mol. The molecule has 0 aromatic carbocycles. The zero-order chi connectivity index (χ0) is 14.6. The summed E-state index contributed by atoms with van der Waals surface area (Å²) in [4.78, 5) is 18.5. The predicted octanol–water partition coefficient (Wildman–Crippen LogP) is -1.89. The number of nitrogens with two attached hydrogens (primary N) is 2. The molecule has 0 aromatic rings. The quantitative estimate of drug-likeness (QED) is 0.191. The largest absolute Gasteiger partial charge is 0.480 e. The van der Waals surface area contributed by atoms with Crippen LogP contribution >= 0.6 is 0 Å². The first-order chi connectivity index (χ1) is 7.54. The van der Waals surface area contributed by atoms with Crippen molar-refractivity contribution in [2.24, 2.45) is 11.5 Å². The molecule has 0 unspecified atom stereocenters. The van der Waals surface area contributed by atoms with Crippen molar-refractivity contribution in [3.05, 3.63) is 0 Å². The average Bonchev–Trinajstić information content (AvgIpc) is 2.37. The van der Waals surface area contributed by atoms with Crippen LogP contribution in [0.25, 0.3) is 0 Å². The second-order valence-corrected chi connectivity index (χ2v) is 1.20. The molecule has 0 fully saturated rings. The Balaban J connectivity index is -0.0000000345. The molecule has 0 aliphatic rings. The van der Waals surface area contributed by atoms with Gasteiger partial charge in [0.15, 0.2) is 0 Å². The van der Waals surface area contributed by atoms with Crippen molar-refractivity contribution in [3.8, 4) is 0 Å². The van der Waals surface area contributed by atoms with Gasteiger partial charge in [0.2, 0.25) is 0 Å². The van der Waals surface area contributed by atoms with Gasteiger partial charge in [-0.15, -0.1) is 0 Å². The highest BCUT2D eigenvalue weighted by molar-refractivity contribution is 5.68. The van der Waals surface area contributed by atoms with Crippen LogP contribution in [0.2, 0.25) is 0 Å². The van der Waals surface area contributed by atoms with Gasteiger partial charge in [0.05, 0.1) is 13.1 Å². The lowest BCUT2D eigenvalue weighted by molar-refractivity contribution is -0.176. The van der Waals surface area contributed by atoms with E-state index in [0.29, 0.717) is 0 Å². The summed E-state index contributed by atoms with van der Waals surface area (Å²) in [6.07, 6.45) is 0. The minimum Gasteiger partial charge on any atom is -0.480 e. The van der Waals surface area contributed by atoms with E-state index in [0.717, 1.165) is 0 Å². The Hall–Kier alpha value is -1.38. The van der Waals surface area contributed by atoms with Gasteiger partial charge in [-0.05, 0) is 0 Å². The molecule has 12 N–H and O–H groups in total. The number of carbonyl (C=O) groups is 2. The van der Waals surface area contributed by atoms with E-state index in [4.69, 9.17) is 41.8 Å². The molecule has 102 valence electrons. The Kier molecular flexibility index (Phi) is 90.7. The molecule has 12 nitrogen and oxygen atoms in total. The molecule has 0 aromatic heterocycles. The maximum absolute atomic E-state index is 9.24. The predicted molar refractivity (Wildman–Crippen MR) is 49.2 cm³/mol. The Morgan fingerprint density at radius 3 is 0.750 bits per heavy atom. The van der Waals surface area contributed by atoms with Crippen molar-refractivity contribution in [2.75, 3.05) is 13.1 Å². The van der Waals surface area contributed by atoms with Crippen molar-refractivity contribution < 1.29 is 51.3 Å². The highest BCUT2D eigenvalue weighted by Crippen LogP contribution is 1.44. The second-order valence-electron chi connectivity index (χ2n) is 1.20. The van der Waals surface area contributed by atoms with E-state index in [1.165, 1.54) is 0 Å². The lowest BCUT2D eigenvalue weighted by atomic mass is 10.7. The summed E-state index contributed by atoms with van der Waals surface area (Å²) in [6.45, 7) is -0.556. The van der Waals surface area contributed by atoms with Crippen LogP contribution in [0.5, 0.6) is 0 Å². The molecule has 0 amide bonds. The van der Waals surface area contributed by atoms with Gasteiger partial charge in [0, 0.05) is 0 Å². The van der Waals surface area contributed by atoms with Crippen LogP contribution in [-0.4, -0.2) is 66.8 Å². The van der Waals surface area contributed by atoms with Crippen molar-refractivity contribution >= 4 is 11.9 Å². The average molecular weight is 252 g/mol. The monoisotopic (exact) mass is 252 g/mol. The van der Waals surface area contributed by atoms with Crippen molar-refractivity contribution in [2.45, 2.75) is 0 Å². The molecule has 0 spiro atoms. The fraction of sp³-hybridized carbons (Fsp3) is 0.500. The number of aliphatic carboxylic acids is 2. The first-order valence-corrected chi connectivity index (χ1v) is 2.98. The van der Waals surface area contributed by atoms with E-state index in [2.05, 4.69) is 11.5 Å². The Bertz CT molecular complexity index is 105. The Morgan fingerprint density at radius 1 is 0.688 bits per heavy atom. The fourth-order valence-corrected chi connectivity index (χ4v) is 0. The van der Waals surface area contributed by atoms with E-state index >= 15 is 0 Å². The van der Waals surface area contributed by atoms with Crippen LogP contribution in [0.4, 0.5) is 0 Å². The van der Waals surface area contributed by atoms with Crippen molar-refractivity contribution in [3.63, 3.8) is 0 Å². The van der Waals surface area contributed by atoms with E-state index in [1.54, 1.807) is 0 Å². The van der Waals surface area contributed by atoms with Gasteiger partial charge < -0.3 is 21.7 Å². The van der Waals surface area contributed by atoms with Crippen LogP contribution in [0.15, 0.2) is 0 Å². The van der Waals surface area contributed by atoms with Crippen LogP contribution in [0, 0.1) is 0 Å². The van der Waals surface area contributed by atoms with Gasteiger partial charge in [-0.1, -0.05) is 0 Å². The summed E-state index contributed by atoms with van der Waals surface area (Å²) in [5.41, 5.74) is 9.14. The number of carboxylic acids is 2. The third kappa shape index (κ3) is 248. The molecule has 0 radical (unpaired) electrons. The zero-order valence-corrected chi connectivity index (χ0v) is 7.96. The lowest BCUT2D eigenvalue weighted by Crippen LogP contribution is -2.10. The van der Waals surface area contributed by atoms with E-state index in [-0.39, 0.29) is 13.1 Å². The third-order valence-corrected chi connectivity index (χ3v) is 0.349. The number of rotatable bonds is 2. The molecule has 0 bridgehead atoms. The summed E-state index contributed by atoms with van der Waals surface area (Å²) in [5, 5.41) is 51.2. The maximum atomic E-state index is 9.24. The maximum Gasteiger partial charge on any atom is 0.317 e. The molecular formula is C4H16N2O10. The van der Waals surface area contributed by atoms with Gasteiger partial charge in [-0.2, -0.15) is 0 Å². The topological polar surface area (TPSA) is 248 Å². The molecule has 16 heavy (non-hydrogen) atoms. The van der Waals surface area contributed by atoms with Crippen molar-refractivity contribution in [1.82, 2.24) is 0 Å². The minimum atomic E-state index is -0.968. The number of carboxylic acid groups (broad SMARTS) is 2. The van der Waals surface area contributed by atoms with Crippen LogP contribution in [0.3, 0.4) is 0 Å². The molecule has 12 heteroatoms. The minimum absolute atomic E-state index is 0.278. The van der Waals surface area contributed by atoms with Gasteiger partial charge in [-0.3, -0.25) is 41.1 Å². The number of hydrogen-bond donors (Lipinski definition) is 10.